The van der Waals surface area contributed by atoms with Crippen molar-refractivity contribution in [2.75, 3.05) is 13.2 Å². The fourth-order valence-corrected chi connectivity index (χ4v) is 3.50. The van der Waals surface area contributed by atoms with Crippen LogP contribution in [0.1, 0.15) is 31.2 Å². The fraction of sp³-hybridized carbons (Fsp3) is 0.500. The molecule has 0 amide bonds. The largest absolute Gasteiger partial charge is 0.403 e. The van der Waals surface area contributed by atoms with Gasteiger partial charge in [-0.25, -0.2) is 0 Å². The Labute approximate surface area is 125 Å². The molecule has 2 aliphatic rings. The lowest BCUT2D eigenvalue weighted by atomic mass is 9.66. The quantitative estimate of drug-likeness (QED) is 0.774. The van der Waals surface area contributed by atoms with E-state index in [9.17, 15) is 0 Å². The van der Waals surface area contributed by atoms with Gasteiger partial charge in [0.05, 0.1) is 13.2 Å². The summed E-state index contributed by atoms with van der Waals surface area (Å²) in [5, 5.41) is 0. The summed E-state index contributed by atoms with van der Waals surface area (Å²) in [7, 11) is 0. The van der Waals surface area contributed by atoms with Gasteiger partial charge < -0.3 is 27.1 Å². The zero-order chi connectivity index (χ0) is 14.1. The summed E-state index contributed by atoms with van der Waals surface area (Å²) < 4.78 is 11.6. The normalized spacial score (nSPS) is 23.7. The molecule has 1 aliphatic heterocycles. The van der Waals surface area contributed by atoms with Crippen molar-refractivity contribution in [1.82, 2.24) is 6.15 Å². The molecule has 1 spiro atoms. The Morgan fingerprint density at radius 2 is 1.57 bits per heavy atom. The maximum absolute atomic E-state index is 6.26. The van der Waals surface area contributed by atoms with E-state index >= 15 is 0 Å². The van der Waals surface area contributed by atoms with Gasteiger partial charge in [0.1, 0.15) is 0 Å². The molecule has 7 N–H and O–H groups in total. The first-order chi connectivity index (χ1) is 9.71. The second kappa shape index (κ2) is 6.05. The third-order valence-corrected chi connectivity index (χ3v) is 4.74. The number of nitrogens with two attached hydrogens (primary N) is 2. The number of ether oxygens (including phenoxy) is 2. The van der Waals surface area contributed by atoms with Crippen molar-refractivity contribution in [3.05, 3.63) is 47.8 Å². The van der Waals surface area contributed by atoms with Crippen molar-refractivity contribution in [3.8, 4) is 0 Å². The van der Waals surface area contributed by atoms with E-state index in [4.69, 9.17) is 20.9 Å². The molecular formula is C16H25N3O2. The van der Waals surface area contributed by atoms with E-state index in [1.165, 1.54) is 5.56 Å². The standard InChI is InChI=1S/C16H22N2O2.H3N/c17-12-14(18)15(13-4-2-1-3-5-13)6-8-16(9-7-15)19-10-11-20-16;/h1-5,12H,6-11,17-18H2;1H3/b14-12-;. The summed E-state index contributed by atoms with van der Waals surface area (Å²) in [5.74, 6) is -0.382. The van der Waals surface area contributed by atoms with Gasteiger partial charge in [0.15, 0.2) is 5.79 Å². The van der Waals surface area contributed by atoms with Gasteiger partial charge >= 0.3 is 0 Å². The van der Waals surface area contributed by atoms with E-state index in [0.717, 1.165) is 31.4 Å². The highest BCUT2D eigenvalue weighted by molar-refractivity contribution is 5.36. The molecule has 116 valence electrons. The van der Waals surface area contributed by atoms with Crippen molar-refractivity contribution in [2.24, 2.45) is 11.5 Å². The molecule has 0 radical (unpaired) electrons. The van der Waals surface area contributed by atoms with Crippen LogP contribution in [-0.4, -0.2) is 19.0 Å². The number of benzene rings is 1. The Hall–Kier alpha value is -1.56. The predicted octanol–water partition coefficient (Wildman–Crippen LogP) is 2.16. The van der Waals surface area contributed by atoms with E-state index in [1.54, 1.807) is 6.20 Å². The minimum atomic E-state index is -0.382. The molecule has 0 bridgehead atoms. The fourth-order valence-electron chi connectivity index (χ4n) is 3.50. The van der Waals surface area contributed by atoms with Crippen molar-refractivity contribution < 1.29 is 9.47 Å². The SMILES string of the molecule is N.N/C=C(\N)C1(c2ccccc2)CCC2(CC1)OCCO2. The average molecular weight is 291 g/mol. The Balaban J connectivity index is 0.00000161. The van der Waals surface area contributed by atoms with Gasteiger partial charge in [-0.15, -0.1) is 0 Å². The smallest absolute Gasteiger partial charge is 0.168 e. The molecule has 0 atom stereocenters. The van der Waals surface area contributed by atoms with E-state index in [0.29, 0.717) is 13.2 Å². The maximum Gasteiger partial charge on any atom is 0.168 e. The lowest BCUT2D eigenvalue weighted by Gasteiger charge is -2.44. The molecule has 5 nitrogen and oxygen atoms in total. The van der Waals surface area contributed by atoms with Crippen LogP contribution in [0.4, 0.5) is 0 Å². The Morgan fingerprint density at radius 3 is 2.10 bits per heavy atom. The third kappa shape index (κ3) is 2.64. The van der Waals surface area contributed by atoms with Crippen molar-refractivity contribution in [1.29, 1.82) is 0 Å². The van der Waals surface area contributed by atoms with Gasteiger partial charge in [-0.05, 0) is 18.4 Å². The highest BCUT2D eigenvalue weighted by atomic mass is 16.7. The van der Waals surface area contributed by atoms with Gasteiger partial charge in [0.2, 0.25) is 0 Å². The molecule has 1 aliphatic carbocycles. The van der Waals surface area contributed by atoms with Gasteiger partial charge in [-0.3, -0.25) is 0 Å². The molecule has 21 heavy (non-hydrogen) atoms. The second-order valence-corrected chi connectivity index (χ2v) is 5.68. The van der Waals surface area contributed by atoms with Crippen LogP contribution >= 0.6 is 0 Å². The molecule has 2 fully saturated rings. The number of hydrogen-bond donors (Lipinski definition) is 3. The van der Waals surface area contributed by atoms with Gasteiger partial charge in [-0.1, -0.05) is 30.3 Å². The zero-order valence-electron chi connectivity index (χ0n) is 12.4. The minimum Gasteiger partial charge on any atom is -0.403 e. The summed E-state index contributed by atoms with van der Waals surface area (Å²) in [5.41, 5.74) is 13.8. The van der Waals surface area contributed by atoms with Crippen LogP contribution in [-0.2, 0) is 14.9 Å². The van der Waals surface area contributed by atoms with Crippen molar-refractivity contribution in [3.63, 3.8) is 0 Å². The first-order valence-electron chi connectivity index (χ1n) is 7.22. The molecule has 0 unspecified atom stereocenters. The molecule has 1 aromatic rings. The highest BCUT2D eigenvalue weighted by Crippen LogP contribution is 2.48. The van der Waals surface area contributed by atoms with E-state index in [-0.39, 0.29) is 17.4 Å². The lowest BCUT2D eigenvalue weighted by molar-refractivity contribution is -0.183. The molecule has 5 heteroatoms. The van der Waals surface area contributed by atoms with Crippen LogP contribution in [0.15, 0.2) is 42.2 Å². The lowest BCUT2D eigenvalue weighted by Crippen LogP contribution is -2.45. The predicted molar refractivity (Wildman–Crippen MR) is 82.7 cm³/mol. The molecule has 3 rings (SSSR count). The van der Waals surface area contributed by atoms with E-state index in [1.807, 2.05) is 18.2 Å². The van der Waals surface area contributed by atoms with Crippen LogP contribution in [0.2, 0.25) is 0 Å². The van der Waals surface area contributed by atoms with Crippen LogP contribution < -0.4 is 17.6 Å². The minimum absolute atomic E-state index is 0. The van der Waals surface area contributed by atoms with Crippen LogP contribution in [0, 0.1) is 0 Å². The monoisotopic (exact) mass is 291 g/mol. The van der Waals surface area contributed by atoms with Crippen LogP contribution in [0.25, 0.3) is 0 Å². The van der Waals surface area contributed by atoms with Gasteiger partial charge in [0, 0.05) is 30.2 Å². The molecule has 1 heterocycles. The number of rotatable bonds is 2. The summed E-state index contributed by atoms with van der Waals surface area (Å²) in [6.45, 7) is 1.39. The molecule has 0 aromatic heterocycles. The van der Waals surface area contributed by atoms with E-state index in [2.05, 4.69) is 12.1 Å². The molecular weight excluding hydrogens is 266 g/mol. The highest BCUT2D eigenvalue weighted by Gasteiger charge is 2.48. The topological polar surface area (TPSA) is 106 Å². The van der Waals surface area contributed by atoms with Crippen molar-refractivity contribution in [2.45, 2.75) is 36.9 Å². The third-order valence-electron chi connectivity index (χ3n) is 4.74. The van der Waals surface area contributed by atoms with Crippen molar-refractivity contribution >= 4 is 0 Å². The first kappa shape index (κ1) is 15.8. The number of allylic oxidation sites excluding steroid dienone is 1. The first-order valence-corrected chi connectivity index (χ1v) is 7.22. The van der Waals surface area contributed by atoms with Crippen LogP contribution in [0.5, 0.6) is 0 Å². The van der Waals surface area contributed by atoms with Gasteiger partial charge in [0.25, 0.3) is 0 Å². The molecule has 1 saturated carbocycles. The summed E-state index contributed by atoms with van der Waals surface area (Å²) in [6, 6.07) is 10.4. The summed E-state index contributed by atoms with van der Waals surface area (Å²) in [4.78, 5) is 0. The Morgan fingerprint density at radius 1 is 1.00 bits per heavy atom. The van der Waals surface area contributed by atoms with Crippen LogP contribution in [0.3, 0.4) is 0 Å². The summed E-state index contributed by atoms with van der Waals surface area (Å²) >= 11 is 0. The second-order valence-electron chi connectivity index (χ2n) is 5.68. The molecule has 1 saturated heterocycles. The molecule has 1 aromatic carbocycles. The number of hydrogen-bond acceptors (Lipinski definition) is 5. The Bertz CT molecular complexity index is 486. The Kier molecular flexibility index (Phi) is 4.56. The van der Waals surface area contributed by atoms with Gasteiger partial charge in [-0.2, -0.15) is 0 Å². The zero-order valence-corrected chi connectivity index (χ0v) is 12.4. The summed E-state index contributed by atoms with van der Waals surface area (Å²) in [6.07, 6.45) is 5.06. The maximum atomic E-state index is 6.26. The average Bonchev–Trinajstić information content (AvgIpc) is 2.97. The van der Waals surface area contributed by atoms with E-state index < -0.39 is 0 Å².